The van der Waals surface area contributed by atoms with Crippen LogP contribution < -0.4 is 0 Å². The van der Waals surface area contributed by atoms with E-state index in [0.717, 1.165) is 11.4 Å². The molecule has 1 aromatic heterocycles. The van der Waals surface area contributed by atoms with Crippen molar-refractivity contribution in [2.75, 3.05) is 0 Å². The van der Waals surface area contributed by atoms with E-state index >= 15 is 0 Å². The highest BCUT2D eigenvalue weighted by atomic mass is 32.2. The number of aryl methyl sites for hydroxylation is 1. The van der Waals surface area contributed by atoms with Gasteiger partial charge in [0.25, 0.3) is 0 Å². The van der Waals surface area contributed by atoms with Crippen molar-refractivity contribution in [3.05, 3.63) is 70.5 Å². The molecule has 3 rings (SSSR count). The summed E-state index contributed by atoms with van der Waals surface area (Å²) >= 11 is 3.57. The molecular weight excluding hydrogens is 282 g/mol. The number of nitrogens with zero attached hydrogens (tertiary/aromatic N) is 1. The minimum Gasteiger partial charge on any atom is -0.240 e. The van der Waals surface area contributed by atoms with Crippen molar-refractivity contribution in [3.8, 4) is 11.3 Å². The van der Waals surface area contributed by atoms with Crippen LogP contribution in [0.25, 0.3) is 11.3 Å². The standard InChI is InChI=1S/C17H15NS2/c1-13-7-9-15(10-8-13)19-12-17-18-16(11-20-17)14-5-3-2-4-6-14/h2-11H,12H2,1H3. The van der Waals surface area contributed by atoms with Crippen molar-refractivity contribution >= 4 is 23.1 Å². The Morgan fingerprint density at radius 2 is 1.75 bits per heavy atom. The maximum atomic E-state index is 4.71. The van der Waals surface area contributed by atoms with Crippen LogP contribution in [0, 0.1) is 6.92 Å². The van der Waals surface area contributed by atoms with Crippen LogP contribution in [-0.2, 0) is 5.75 Å². The van der Waals surface area contributed by atoms with Crippen molar-refractivity contribution in [2.24, 2.45) is 0 Å². The molecule has 0 saturated carbocycles. The Hall–Kier alpha value is -1.58. The van der Waals surface area contributed by atoms with Gasteiger partial charge in [-0.1, -0.05) is 48.0 Å². The van der Waals surface area contributed by atoms with Gasteiger partial charge in [-0.25, -0.2) is 4.98 Å². The van der Waals surface area contributed by atoms with Crippen molar-refractivity contribution in [3.63, 3.8) is 0 Å². The third kappa shape index (κ3) is 3.30. The summed E-state index contributed by atoms with van der Waals surface area (Å²) in [6.07, 6.45) is 0. The summed E-state index contributed by atoms with van der Waals surface area (Å²) in [5.74, 6) is 0.931. The summed E-state index contributed by atoms with van der Waals surface area (Å²) in [5, 5.41) is 3.31. The zero-order valence-electron chi connectivity index (χ0n) is 11.2. The molecule has 3 heteroatoms. The van der Waals surface area contributed by atoms with Gasteiger partial charge in [0, 0.05) is 15.8 Å². The number of thiazole rings is 1. The number of benzene rings is 2. The third-order valence-corrected chi connectivity index (χ3v) is 5.06. The average Bonchev–Trinajstić information content (AvgIpc) is 2.97. The molecule has 20 heavy (non-hydrogen) atoms. The summed E-state index contributed by atoms with van der Waals surface area (Å²) in [6, 6.07) is 19.0. The quantitative estimate of drug-likeness (QED) is 0.597. The van der Waals surface area contributed by atoms with Gasteiger partial charge in [-0.2, -0.15) is 0 Å². The maximum Gasteiger partial charge on any atom is 0.104 e. The number of aromatic nitrogens is 1. The van der Waals surface area contributed by atoms with Crippen molar-refractivity contribution in [1.82, 2.24) is 4.98 Å². The molecule has 0 saturated heterocycles. The Balaban J connectivity index is 1.67. The minimum atomic E-state index is 0.931. The number of hydrogen-bond acceptors (Lipinski definition) is 3. The smallest absolute Gasteiger partial charge is 0.104 e. The van der Waals surface area contributed by atoms with Gasteiger partial charge in [0.15, 0.2) is 0 Å². The second-order valence-electron chi connectivity index (χ2n) is 4.59. The second kappa shape index (κ2) is 6.25. The highest BCUT2D eigenvalue weighted by molar-refractivity contribution is 7.98. The lowest BCUT2D eigenvalue weighted by molar-refractivity contribution is 1.26. The molecule has 0 bridgehead atoms. The van der Waals surface area contributed by atoms with Gasteiger partial charge < -0.3 is 0 Å². The first-order valence-electron chi connectivity index (χ1n) is 6.50. The van der Waals surface area contributed by atoms with Crippen molar-refractivity contribution in [1.29, 1.82) is 0 Å². The van der Waals surface area contributed by atoms with E-state index in [9.17, 15) is 0 Å². The van der Waals surface area contributed by atoms with Crippen LogP contribution in [0.5, 0.6) is 0 Å². The van der Waals surface area contributed by atoms with Gasteiger partial charge in [0.1, 0.15) is 5.01 Å². The Morgan fingerprint density at radius 3 is 2.50 bits per heavy atom. The molecule has 0 unspecified atom stereocenters. The van der Waals surface area contributed by atoms with Crippen molar-refractivity contribution < 1.29 is 0 Å². The predicted molar refractivity (Wildman–Crippen MR) is 88.3 cm³/mol. The van der Waals surface area contributed by atoms with Crippen LogP contribution in [0.4, 0.5) is 0 Å². The lowest BCUT2D eigenvalue weighted by atomic mass is 10.2. The Bertz CT molecular complexity index is 672. The normalized spacial score (nSPS) is 10.7. The number of hydrogen-bond donors (Lipinski definition) is 0. The van der Waals surface area contributed by atoms with Crippen molar-refractivity contribution in [2.45, 2.75) is 17.6 Å². The highest BCUT2D eigenvalue weighted by Crippen LogP contribution is 2.27. The first-order valence-corrected chi connectivity index (χ1v) is 8.37. The lowest BCUT2D eigenvalue weighted by Gasteiger charge is -1.99. The van der Waals surface area contributed by atoms with Crippen LogP contribution in [0.1, 0.15) is 10.6 Å². The van der Waals surface area contributed by atoms with E-state index in [0.29, 0.717) is 0 Å². The summed E-state index contributed by atoms with van der Waals surface area (Å²) in [4.78, 5) is 6.01. The molecule has 0 radical (unpaired) electrons. The molecular formula is C17H15NS2. The molecule has 1 heterocycles. The Morgan fingerprint density at radius 1 is 1.00 bits per heavy atom. The fraction of sp³-hybridized carbons (Fsp3) is 0.118. The van der Waals surface area contributed by atoms with Gasteiger partial charge in [-0.05, 0) is 19.1 Å². The van der Waals surface area contributed by atoms with Crippen LogP contribution >= 0.6 is 23.1 Å². The topological polar surface area (TPSA) is 12.9 Å². The average molecular weight is 297 g/mol. The summed E-state index contributed by atoms with van der Waals surface area (Å²) in [7, 11) is 0. The van der Waals surface area contributed by atoms with E-state index in [2.05, 4.69) is 60.8 Å². The fourth-order valence-corrected chi connectivity index (χ4v) is 3.62. The number of thioether (sulfide) groups is 1. The molecule has 0 N–H and O–H groups in total. The monoisotopic (exact) mass is 297 g/mol. The third-order valence-electron chi connectivity index (χ3n) is 3.00. The van der Waals surface area contributed by atoms with Gasteiger partial charge >= 0.3 is 0 Å². The second-order valence-corrected chi connectivity index (χ2v) is 6.59. The zero-order valence-corrected chi connectivity index (χ0v) is 12.9. The van der Waals surface area contributed by atoms with E-state index in [1.807, 2.05) is 17.8 Å². The summed E-state index contributed by atoms with van der Waals surface area (Å²) in [6.45, 7) is 2.11. The first kappa shape index (κ1) is 13.4. The largest absolute Gasteiger partial charge is 0.240 e. The van der Waals surface area contributed by atoms with E-state index in [1.165, 1.54) is 21.0 Å². The van der Waals surface area contributed by atoms with E-state index in [1.54, 1.807) is 11.3 Å². The maximum absolute atomic E-state index is 4.71. The Kier molecular flexibility index (Phi) is 4.19. The molecule has 100 valence electrons. The van der Waals surface area contributed by atoms with Crippen LogP contribution in [0.3, 0.4) is 0 Å². The van der Waals surface area contributed by atoms with Gasteiger partial charge in [0.2, 0.25) is 0 Å². The van der Waals surface area contributed by atoms with Crippen LogP contribution in [-0.4, -0.2) is 4.98 Å². The molecule has 0 aliphatic heterocycles. The zero-order chi connectivity index (χ0) is 13.8. The molecule has 2 aromatic carbocycles. The Labute approximate surface area is 127 Å². The molecule has 0 fully saturated rings. The minimum absolute atomic E-state index is 0.931. The van der Waals surface area contributed by atoms with Crippen LogP contribution in [0.2, 0.25) is 0 Å². The van der Waals surface area contributed by atoms with Crippen LogP contribution in [0.15, 0.2) is 64.9 Å². The van der Waals surface area contributed by atoms with Gasteiger partial charge in [-0.3, -0.25) is 0 Å². The van der Waals surface area contributed by atoms with Gasteiger partial charge in [-0.15, -0.1) is 23.1 Å². The van der Waals surface area contributed by atoms with E-state index in [4.69, 9.17) is 4.98 Å². The summed E-state index contributed by atoms with van der Waals surface area (Å²) in [5.41, 5.74) is 3.57. The molecule has 0 amide bonds. The highest BCUT2D eigenvalue weighted by Gasteiger charge is 2.04. The molecule has 0 atom stereocenters. The number of rotatable bonds is 4. The lowest BCUT2D eigenvalue weighted by Crippen LogP contribution is -1.81. The van der Waals surface area contributed by atoms with E-state index < -0.39 is 0 Å². The molecule has 1 nitrogen and oxygen atoms in total. The summed E-state index contributed by atoms with van der Waals surface area (Å²) < 4.78 is 0. The van der Waals surface area contributed by atoms with Gasteiger partial charge in [0.05, 0.1) is 11.4 Å². The first-order chi connectivity index (χ1) is 9.81. The molecule has 0 aliphatic rings. The molecule has 0 spiro atoms. The predicted octanol–water partition coefficient (Wildman–Crippen LogP) is 5.41. The SMILES string of the molecule is Cc1ccc(SCc2nc(-c3ccccc3)cs2)cc1. The molecule has 0 aliphatic carbocycles. The van der Waals surface area contributed by atoms with E-state index in [-0.39, 0.29) is 0 Å². The molecule has 3 aromatic rings. The fourth-order valence-electron chi connectivity index (χ4n) is 1.90.